The molecule has 20 heavy (non-hydrogen) atoms. The summed E-state index contributed by atoms with van der Waals surface area (Å²) >= 11 is 0. The Morgan fingerprint density at radius 1 is 0.500 bits per heavy atom. The van der Waals surface area contributed by atoms with E-state index in [1.807, 2.05) is 0 Å². The second kappa shape index (κ2) is 23.9. The third kappa shape index (κ3) is 26.4. The summed E-state index contributed by atoms with van der Waals surface area (Å²) in [5.41, 5.74) is 0. The molecular formula is C16H36O4. The van der Waals surface area contributed by atoms with Gasteiger partial charge in [-0.3, -0.25) is 0 Å². The summed E-state index contributed by atoms with van der Waals surface area (Å²) in [5, 5.41) is 0. The van der Waals surface area contributed by atoms with Crippen LogP contribution in [0.2, 0.25) is 0 Å². The van der Waals surface area contributed by atoms with Gasteiger partial charge in [-0.05, 0) is 25.7 Å². The first-order valence-electron chi connectivity index (χ1n) is 7.96. The van der Waals surface area contributed by atoms with Crippen LogP contribution in [0.4, 0.5) is 0 Å². The van der Waals surface area contributed by atoms with Crippen molar-refractivity contribution in [3.05, 3.63) is 0 Å². The minimum Gasteiger partial charge on any atom is -0.385 e. The van der Waals surface area contributed by atoms with Crippen molar-refractivity contribution in [1.82, 2.24) is 0 Å². The molecule has 0 aliphatic rings. The molecule has 4 heteroatoms. The zero-order valence-corrected chi connectivity index (χ0v) is 14.1. The van der Waals surface area contributed by atoms with Gasteiger partial charge in [0.1, 0.15) is 0 Å². The molecule has 0 fully saturated rings. The summed E-state index contributed by atoms with van der Waals surface area (Å²) in [5.74, 6) is 0. The van der Waals surface area contributed by atoms with E-state index in [-0.39, 0.29) is 0 Å². The second-order valence-corrected chi connectivity index (χ2v) is 4.62. The van der Waals surface area contributed by atoms with Crippen molar-refractivity contribution >= 4 is 0 Å². The molecule has 0 saturated heterocycles. The molecule has 0 aromatic rings. The molecule has 0 unspecified atom stereocenters. The van der Waals surface area contributed by atoms with Crippen LogP contribution in [-0.2, 0) is 18.9 Å². The zero-order valence-electron chi connectivity index (χ0n) is 14.1. The minimum absolute atomic E-state index is 0.782. The first-order chi connectivity index (χ1) is 9.83. The van der Waals surface area contributed by atoms with Crippen LogP contribution in [0, 0.1) is 0 Å². The highest BCUT2D eigenvalue weighted by atomic mass is 16.5. The van der Waals surface area contributed by atoms with Gasteiger partial charge in [0.2, 0.25) is 0 Å². The van der Waals surface area contributed by atoms with Crippen molar-refractivity contribution in [2.75, 3.05) is 53.9 Å². The van der Waals surface area contributed by atoms with Gasteiger partial charge in [0.05, 0.1) is 0 Å². The molecular weight excluding hydrogens is 256 g/mol. The largest absolute Gasteiger partial charge is 0.385 e. The van der Waals surface area contributed by atoms with E-state index in [0.717, 1.165) is 52.5 Å². The van der Waals surface area contributed by atoms with Crippen molar-refractivity contribution in [3.63, 3.8) is 0 Å². The van der Waals surface area contributed by atoms with E-state index in [1.165, 1.54) is 25.7 Å². The summed E-state index contributed by atoms with van der Waals surface area (Å²) in [6.45, 7) is 9.42. The summed E-state index contributed by atoms with van der Waals surface area (Å²) < 4.78 is 20.3. The lowest BCUT2D eigenvalue weighted by Gasteiger charge is -2.02. The maximum absolute atomic E-state index is 5.31. The van der Waals surface area contributed by atoms with Crippen LogP contribution in [0.25, 0.3) is 0 Å². The molecule has 0 rings (SSSR count). The van der Waals surface area contributed by atoms with Gasteiger partial charge in [-0.1, -0.05) is 26.7 Å². The Kier molecular flexibility index (Phi) is 26.4. The van der Waals surface area contributed by atoms with Gasteiger partial charge in [-0.25, -0.2) is 0 Å². The van der Waals surface area contributed by atoms with Gasteiger partial charge < -0.3 is 18.9 Å². The first kappa shape index (κ1) is 22.1. The van der Waals surface area contributed by atoms with Gasteiger partial charge in [-0.2, -0.15) is 0 Å². The first-order valence-corrected chi connectivity index (χ1v) is 7.96. The van der Waals surface area contributed by atoms with E-state index < -0.39 is 0 Å². The lowest BCUT2D eigenvalue weighted by Crippen LogP contribution is -2.02. The molecule has 0 aromatic carbocycles. The SMILES string of the molecule is CCCCOCCCC.COCCCOCCCOC. The number of hydrogen-bond acceptors (Lipinski definition) is 4. The number of unbranched alkanes of at least 4 members (excludes halogenated alkanes) is 2. The predicted octanol–water partition coefficient (Wildman–Crippen LogP) is 3.68. The lowest BCUT2D eigenvalue weighted by atomic mass is 10.3. The van der Waals surface area contributed by atoms with Crippen molar-refractivity contribution in [2.24, 2.45) is 0 Å². The Labute approximate surface area is 126 Å². The summed E-state index contributed by atoms with van der Waals surface area (Å²) in [4.78, 5) is 0. The van der Waals surface area contributed by atoms with E-state index in [2.05, 4.69) is 13.8 Å². The number of rotatable bonds is 14. The normalized spacial score (nSPS) is 10.2. The second-order valence-electron chi connectivity index (χ2n) is 4.62. The fourth-order valence-electron chi connectivity index (χ4n) is 1.31. The molecule has 0 saturated carbocycles. The van der Waals surface area contributed by atoms with Crippen LogP contribution in [0.1, 0.15) is 52.4 Å². The molecule has 0 aliphatic heterocycles. The van der Waals surface area contributed by atoms with Crippen LogP contribution >= 0.6 is 0 Å². The third-order valence-corrected chi connectivity index (χ3v) is 2.56. The van der Waals surface area contributed by atoms with Crippen LogP contribution in [0.3, 0.4) is 0 Å². The molecule has 0 spiro atoms. The maximum atomic E-state index is 5.31. The zero-order chi connectivity index (χ0) is 15.3. The fraction of sp³-hybridized carbons (Fsp3) is 1.00. The summed E-state index contributed by atoms with van der Waals surface area (Å²) in [6, 6.07) is 0. The monoisotopic (exact) mass is 292 g/mol. The lowest BCUT2D eigenvalue weighted by molar-refractivity contribution is 0.0845. The third-order valence-electron chi connectivity index (χ3n) is 2.56. The van der Waals surface area contributed by atoms with Crippen LogP contribution in [-0.4, -0.2) is 53.9 Å². The molecule has 0 atom stereocenters. The Morgan fingerprint density at radius 2 is 0.850 bits per heavy atom. The van der Waals surface area contributed by atoms with Crippen LogP contribution in [0.15, 0.2) is 0 Å². The number of methoxy groups -OCH3 is 2. The molecule has 0 N–H and O–H groups in total. The predicted molar refractivity (Wildman–Crippen MR) is 84.4 cm³/mol. The van der Waals surface area contributed by atoms with Gasteiger partial charge in [0.15, 0.2) is 0 Å². The van der Waals surface area contributed by atoms with E-state index in [1.54, 1.807) is 14.2 Å². The molecule has 4 nitrogen and oxygen atoms in total. The topological polar surface area (TPSA) is 36.9 Å². The highest BCUT2D eigenvalue weighted by Crippen LogP contribution is 1.91. The molecule has 0 heterocycles. The number of ether oxygens (including phenoxy) is 4. The molecule has 124 valence electrons. The molecule has 0 bridgehead atoms. The summed E-state index contributed by atoms with van der Waals surface area (Å²) in [6.07, 6.45) is 6.86. The van der Waals surface area contributed by atoms with Gasteiger partial charge >= 0.3 is 0 Å². The van der Waals surface area contributed by atoms with Gasteiger partial charge in [-0.15, -0.1) is 0 Å². The Balaban J connectivity index is 0. The number of hydrogen-bond donors (Lipinski definition) is 0. The van der Waals surface area contributed by atoms with Crippen LogP contribution in [0.5, 0.6) is 0 Å². The van der Waals surface area contributed by atoms with E-state index in [9.17, 15) is 0 Å². The van der Waals surface area contributed by atoms with E-state index in [4.69, 9.17) is 18.9 Å². The maximum Gasteiger partial charge on any atom is 0.0488 e. The average Bonchev–Trinajstić information content (AvgIpc) is 2.47. The molecule has 0 radical (unpaired) electrons. The Hall–Kier alpha value is -0.160. The van der Waals surface area contributed by atoms with Crippen molar-refractivity contribution in [2.45, 2.75) is 52.4 Å². The van der Waals surface area contributed by atoms with Crippen LogP contribution < -0.4 is 0 Å². The van der Waals surface area contributed by atoms with E-state index >= 15 is 0 Å². The van der Waals surface area contributed by atoms with Crippen molar-refractivity contribution < 1.29 is 18.9 Å². The van der Waals surface area contributed by atoms with Gasteiger partial charge in [0, 0.05) is 53.9 Å². The minimum atomic E-state index is 0.782. The highest BCUT2D eigenvalue weighted by Gasteiger charge is 1.88. The quantitative estimate of drug-likeness (QED) is 0.458. The fourth-order valence-corrected chi connectivity index (χ4v) is 1.31. The Morgan fingerprint density at radius 3 is 1.15 bits per heavy atom. The molecule has 0 amide bonds. The standard InChI is InChI=1S/C8H18O3.C8H18O/c1-9-5-3-7-11-8-4-6-10-2;1-3-5-7-9-8-6-4-2/h3-8H2,1-2H3;3-8H2,1-2H3. The van der Waals surface area contributed by atoms with E-state index in [0.29, 0.717) is 0 Å². The molecule has 0 aliphatic carbocycles. The van der Waals surface area contributed by atoms with Gasteiger partial charge in [0.25, 0.3) is 0 Å². The molecule has 0 aromatic heterocycles. The van der Waals surface area contributed by atoms with Crippen molar-refractivity contribution in [1.29, 1.82) is 0 Å². The smallest absolute Gasteiger partial charge is 0.0488 e. The van der Waals surface area contributed by atoms with Crippen molar-refractivity contribution in [3.8, 4) is 0 Å². The summed E-state index contributed by atoms with van der Waals surface area (Å²) in [7, 11) is 3.40. The average molecular weight is 292 g/mol. The Bertz CT molecular complexity index is 128. The highest BCUT2D eigenvalue weighted by molar-refractivity contribution is 4.36.